The quantitative estimate of drug-likeness (QED) is 0.609. The number of carboxylic acid groups (broad SMARTS) is 1. The van der Waals surface area contributed by atoms with E-state index in [1.807, 2.05) is 0 Å². The fourth-order valence-corrected chi connectivity index (χ4v) is 0.773. The molecule has 0 aromatic rings. The molecule has 0 radical (unpaired) electrons. The Morgan fingerprint density at radius 2 is 1.92 bits per heavy atom. The molecule has 0 rings (SSSR count). The van der Waals surface area contributed by atoms with Gasteiger partial charge in [0.05, 0.1) is 12.0 Å². The Morgan fingerprint density at radius 3 is 2.17 bits per heavy atom. The van der Waals surface area contributed by atoms with Gasteiger partial charge in [0.1, 0.15) is 0 Å². The molecule has 0 fully saturated rings. The Hall–Kier alpha value is -1.06. The Bertz CT molecular complexity index is 177. The molecule has 0 bridgehead atoms. The normalized spacial score (nSPS) is 12.7. The Balaban J connectivity index is 4.14. The topological polar surface area (TPSA) is 69.2 Å². The van der Waals surface area contributed by atoms with E-state index >= 15 is 0 Å². The number of hydrogen-bond donors (Lipinski definition) is 1. The molecule has 0 heterocycles. The van der Waals surface area contributed by atoms with Gasteiger partial charge in [-0.3, -0.25) is 4.79 Å². The maximum absolute atomic E-state index is 10.8. The van der Waals surface area contributed by atoms with Crippen LogP contribution in [-0.4, -0.2) is 17.9 Å². The van der Waals surface area contributed by atoms with Gasteiger partial charge >= 0.3 is 0 Å². The number of aliphatic carboxylic acids is 1. The van der Waals surface area contributed by atoms with Crippen LogP contribution in [0.15, 0.2) is 0 Å². The molecule has 1 unspecified atom stereocenters. The van der Waals surface area contributed by atoms with E-state index in [-0.39, 0.29) is 18.2 Å². The monoisotopic (exact) mass is 172 g/mol. The Kier molecular flexibility index (Phi) is 4.33. The highest BCUT2D eigenvalue weighted by atomic mass is 16.4. The summed E-state index contributed by atoms with van der Waals surface area (Å²) in [7, 11) is 0. The van der Waals surface area contributed by atoms with Crippen LogP contribution >= 0.6 is 0 Å². The van der Waals surface area contributed by atoms with Crippen molar-refractivity contribution in [2.45, 2.75) is 33.2 Å². The van der Waals surface area contributed by atoms with Gasteiger partial charge in [-0.05, 0) is 5.92 Å². The molecular weight excluding hydrogens is 158 g/mol. The molecule has 12 heavy (non-hydrogen) atoms. The highest BCUT2D eigenvalue weighted by Crippen LogP contribution is 2.00. The lowest BCUT2D eigenvalue weighted by molar-refractivity contribution is -0.309. The minimum Gasteiger partial charge on any atom is -0.548 e. The summed E-state index contributed by atoms with van der Waals surface area (Å²) < 4.78 is 0. The number of carbonyl (C=O) groups is 2. The minimum absolute atomic E-state index is 0.148. The Labute approximate surface area is 72.0 Å². The number of carboxylic acids is 1. The summed E-state index contributed by atoms with van der Waals surface area (Å²) in [6, 6.07) is -0.877. The van der Waals surface area contributed by atoms with Crippen LogP contribution in [0.1, 0.15) is 27.2 Å². The highest BCUT2D eigenvalue weighted by Gasteiger charge is 2.15. The lowest BCUT2D eigenvalue weighted by Gasteiger charge is -2.22. The van der Waals surface area contributed by atoms with Crippen LogP contribution in [0.5, 0.6) is 0 Å². The zero-order valence-electron chi connectivity index (χ0n) is 7.59. The summed E-state index contributed by atoms with van der Waals surface area (Å²) in [4.78, 5) is 21.3. The minimum atomic E-state index is -1.23. The Morgan fingerprint density at radius 1 is 1.42 bits per heavy atom. The van der Waals surface area contributed by atoms with Crippen molar-refractivity contribution in [3.05, 3.63) is 0 Å². The van der Waals surface area contributed by atoms with E-state index in [4.69, 9.17) is 0 Å². The third kappa shape index (κ3) is 3.37. The molecule has 1 N–H and O–H groups in total. The maximum atomic E-state index is 10.8. The molecule has 0 aromatic carbocycles. The van der Waals surface area contributed by atoms with Crippen molar-refractivity contribution in [2.24, 2.45) is 5.92 Å². The molecule has 0 aromatic heterocycles. The molecule has 0 aliphatic rings. The lowest BCUT2D eigenvalue weighted by atomic mass is 10.0. The van der Waals surface area contributed by atoms with Crippen LogP contribution in [0.25, 0.3) is 0 Å². The van der Waals surface area contributed by atoms with Crippen molar-refractivity contribution in [1.29, 1.82) is 0 Å². The maximum Gasteiger partial charge on any atom is 0.220 e. The number of rotatable bonds is 4. The molecule has 0 saturated carbocycles. The van der Waals surface area contributed by atoms with Crippen LogP contribution in [-0.2, 0) is 9.59 Å². The first-order valence-corrected chi connectivity index (χ1v) is 3.99. The van der Waals surface area contributed by atoms with Crippen molar-refractivity contribution in [1.82, 2.24) is 5.32 Å². The summed E-state index contributed by atoms with van der Waals surface area (Å²) in [5, 5.41) is 12.8. The van der Waals surface area contributed by atoms with Crippen molar-refractivity contribution in [3.63, 3.8) is 0 Å². The number of amides is 1. The predicted molar refractivity (Wildman–Crippen MR) is 42.1 cm³/mol. The van der Waals surface area contributed by atoms with Gasteiger partial charge < -0.3 is 15.2 Å². The first kappa shape index (κ1) is 10.9. The molecule has 0 spiro atoms. The zero-order chi connectivity index (χ0) is 9.72. The first-order valence-electron chi connectivity index (χ1n) is 3.99. The molecule has 1 amide bonds. The van der Waals surface area contributed by atoms with Gasteiger partial charge in [-0.1, -0.05) is 20.8 Å². The number of hydrogen-bond acceptors (Lipinski definition) is 3. The van der Waals surface area contributed by atoms with Gasteiger partial charge in [-0.25, -0.2) is 0 Å². The highest BCUT2D eigenvalue weighted by molar-refractivity contribution is 5.82. The van der Waals surface area contributed by atoms with E-state index in [0.717, 1.165) is 0 Å². The van der Waals surface area contributed by atoms with E-state index in [1.165, 1.54) is 0 Å². The average Bonchev–Trinajstić information content (AvgIpc) is 1.98. The van der Waals surface area contributed by atoms with Gasteiger partial charge in [0.15, 0.2) is 0 Å². The van der Waals surface area contributed by atoms with Crippen LogP contribution in [0.4, 0.5) is 0 Å². The molecule has 1 atom stereocenters. The van der Waals surface area contributed by atoms with Crippen LogP contribution in [0.3, 0.4) is 0 Å². The van der Waals surface area contributed by atoms with Gasteiger partial charge in [0.25, 0.3) is 0 Å². The number of nitrogens with one attached hydrogen (secondary N) is 1. The van der Waals surface area contributed by atoms with Gasteiger partial charge in [-0.2, -0.15) is 0 Å². The fraction of sp³-hybridized carbons (Fsp3) is 0.750. The van der Waals surface area contributed by atoms with Gasteiger partial charge in [0, 0.05) is 6.42 Å². The third-order valence-corrected chi connectivity index (χ3v) is 1.56. The second kappa shape index (κ2) is 4.74. The molecule has 0 aliphatic carbocycles. The van der Waals surface area contributed by atoms with Crippen LogP contribution in [0, 0.1) is 5.92 Å². The fourth-order valence-electron chi connectivity index (χ4n) is 0.773. The smallest absolute Gasteiger partial charge is 0.220 e. The lowest BCUT2D eigenvalue weighted by Crippen LogP contribution is -2.50. The molecule has 4 heteroatoms. The zero-order valence-corrected chi connectivity index (χ0v) is 7.59. The second-order valence-electron chi connectivity index (χ2n) is 2.96. The largest absolute Gasteiger partial charge is 0.548 e. The van der Waals surface area contributed by atoms with Crippen molar-refractivity contribution in [2.75, 3.05) is 0 Å². The second-order valence-corrected chi connectivity index (χ2v) is 2.96. The summed E-state index contributed by atoms with van der Waals surface area (Å²) in [5.41, 5.74) is 0. The summed E-state index contributed by atoms with van der Waals surface area (Å²) in [6.07, 6.45) is 0.288. The van der Waals surface area contributed by atoms with Gasteiger partial charge in [-0.15, -0.1) is 0 Å². The molecule has 70 valence electrons. The standard InChI is InChI=1S/C8H15NO3/c1-4-6(10)9-7(5(2)3)8(11)12/h5,7H,4H2,1-3H3,(H,9,10)(H,11,12)/p-1. The van der Waals surface area contributed by atoms with E-state index in [1.54, 1.807) is 20.8 Å². The van der Waals surface area contributed by atoms with Crippen LogP contribution in [0.2, 0.25) is 0 Å². The molecular formula is C8H14NO3-. The summed E-state index contributed by atoms with van der Waals surface area (Å²) in [6.45, 7) is 5.11. The molecule has 0 aliphatic heterocycles. The predicted octanol–water partition coefficient (Wildman–Crippen LogP) is -0.713. The van der Waals surface area contributed by atoms with Crippen molar-refractivity contribution >= 4 is 11.9 Å². The van der Waals surface area contributed by atoms with Gasteiger partial charge in [0.2, 0.25) is 5.91 Å². The number of carbonyl (C=O) groups excluding carboxylic acids is 2. The molecule has 4 nitrogen and oxygen atoms in total. The van der Waals surface area contributed by atoms with E-state index in [2.05, 4.69) is 5.32 Å². The van der Waals surface area contributed by atoms with Crippen molar-refractivity contribution in [3.8, 4) is 0 Å². The molecule has 0 saturated heterocycles. The van der Waals surface area contributed by atoms with Crippen molar-refractivity contribution < 1.29 is 14.7 Å². The average molecular weight is 172 g/mol. The third-order valence-electron chi connectivity index (χ3n) is 1.56. The van der Waals surface area contributed by atoms with E-state index in [0.29, 0.717) is 0 Å². The summed E-state index contributed by atoms with van der Waals surface area (Å²) in [5.74, 6) is -1.64. The van der Waals surface area contributed by atoms with Crippen LogP contribution < -0.4 is 10.4 Å². The van der Waals surface area contributed by atoms with E-state index in [9.17, 15) is 14.7 Å². The SMILES string of the molecule is CCC(=O)NC(C(=O)[O-])C(C)C. The summed E-state index contributed by atoms with van der Waals surface area (Å²) >= 11 is 0. The van der Waals surface area contributed by atoms with E-state index < -0.39 is 12.0 Å². The first-order chi connectivity index (χ1) is 5.49.